The van der Waals surface area contributed by atoms with E-state index >= 15 is 0 Å². The molecule has 0 aliphatic carbocycles. The van der Waals surface area contributed by atoms with Crippen LogP contribution >= 0.6 is 0 Å². The van der Waals surface area contributed by atoms with Crippen LogP contribution in [0.25, 0.3) is 0 Å². The van der Waals surface area contributed by atoms with Crippen LogP contribution in [0.5, 0.6) is 0 Å². The first-order valence-corrected chi connectivity index (χ1v) is 2.41. The topological polar surface area (TPSA) is 43.1 Å². The van der Waals surface area contributed by atoms with Crippen LogP contribution in [-0.2, 0) is 4.79 Å². The van der Waals surface area contributed by atoms with Crippen LogP contribution in [0, 0.1) is 0 Å². The molecule has 0 aliphatic rings. The second kappa shape index (κ2) is 2.75. The van der Waals surface area contributed by atoms with E-state index in [4.69, 9.17) is 0 Å². The van der Waals surface area contributed by atoms with E-state index < -0.39 is 25.6 Å². The Morgan fingerprint density at radius 3 is 2.00 bits per heavy atom. The number of primary amides is 1. The molecule has 0 aromatic rings. The lowest BCUT2D eigenvalue weighted by Gasteiger charge is -2.10. The Kier molecular flexibility index (Phi) is 2.54. The second-order valence-corrected chi connectivity index (χ2v) is 1.72. The molecule has 1 amide bonds. The molecule has 0 heterocycles. The van der Waals surface area contributed by atoms with Crippen molar-refractivity contribution in [2.45, 2.75) is 12.7 Å². The molecule has 0 radical (unpaired) electrons. The van der Waals surface area contributed by atoms with Gasteiger partial charge in [-0.25, -0.2) is 0 Å². The highest BCUT2D eigenvalue weighted by Gasteiger charge is 2.22. The summed E-state index contributed by atoms with van der Waals surface area (Å²) in [6.45, 7) is -4.83. The van der Waals surface area contributed by atoms with Crippen LogP contribution < -0.4 is 5.73 Å². The van der Waals surface area contributed by atoms with E-state index in [0.717, 1.165) is 0 Å². The van der Waals surface area contributed by atoms with E-state index in [-0.39, 0.29) is 0 Å². The van der Waals surface area contributed by atoms with Crippen molar-refractivity contribution in [1.29, 1.82) is 0 Å². The Labute approximate surface area is 50.3 Å². The van der Waals surface area contributed by atoms with Crippen molar-refractivity contribution < 1.29 is 17.7 Å². The van der Waals surface area contributed by atoms with Gasteiger partial charge in [0.15, 0.2) is 0 Å². The van der Waals surface area contributed by atoms with Gasteiger partial charge in [-0.05, 0) is 0 Å². The highest BCUT2D eigenvalue weighted by Crippen LogP contribution is 2.15. The first-order chi connectivity index (χ1) is 3.92. The van der Waals surface area contributed by atoms with Crippen LogP contribution in [-0.4, -0.2) is 12.9 Å². The summed E-state index contributed by atoms with van der Waals surface area (Å²) in [6.07, 6.45) is -1.65. The van der Waals surface area contributed by atoms with Crippen LogP contribution in [0.2, 0.25) is 6.32 Å². The maximum absolute atomic E-state index is 11.3. The molecule has 6 heteroatoms. The molecule has 0 spiro atoms. The predicted octanol–water partition coefficient (Wildman–Crippen LogP) is 0.709. The van der Waals surface area contributed by atoms with Gasteiger partial charge in [0.05, 0.1) is 0 Å². The minimum Gasteiger partial charge on any atom is -0.449 e. The second-order valence-electron chi connectivity index (χ2n) is 1.72. The molecule has 0 atom stereocenters. The molecule has 0 saturated heterocycles. The molecule has 2 N–H and O–H groups in total. The summed E-state index contributed by atoms with van der Waals surface area (Å²) < 4.78 is 33.8. The fourth-order valence-corrected chi connectivity index (χ4v) is 0.306. The largest absolute Gasteiger partial charge is 0.478 e. The Bertz CT molecular complexity index is 112. The number of nitrogens with two attached hydrogens (primary N) is 1. The van der Waals surface area contributed by atoms with Gasteiger partial charge in [-0.15, -0.1) is 0 Å². The van der Waals surface area contributed by atoms with Crippen LogP contribution in [0.1, 0.15) is 6.42 Å². The summed E-state index contributed by atoms with van der Waals surface area (Å²) in [5, 5.41) is 0. The van der Waals surface area contributed by atoms with Crippen LogP contribution in [0.15, 0.2) is 0 Å². The van der Waals surface area contributed by atoms with Crippen molar-refractivity contribution >= 4 is 12.9 Å². The maximum atomic E-state index is 11.3. The van der Waals surface area contributed by atoms with Gasteiger partial charge in [0.25, 0.3) is 0 Å². The monoisotopic (exact) mass is 140 g/mol. The third kappa shape index (κ3) is 7.32. The van der Waals surface area contributed by atoms with Crippen molar-refractivity contribution in [3.05, 3.63) is 0 Å². The van der Waals surface area contributed by atoms with Gasteiger partial charge >= 0.3 is 6.98 Å². The lowest BCUT2D eigenvalue weighted by atomic mass is 9.84. The molecular formula is C3H6BF3NO-. The molecular weight excluding hydrogens is 134 g/mol. The van der Waals surface area contributed by atoms with Gasteiger partial charge in [-0.3, -0.25) is 4.79 Å². The van der Waals surface area contributed by atoms with Crippen molar-refractivity contribution in [3.8, 4) is 0 Å². The molecule has 9 heavy (non-hydrogen) atoms. The first kappa shape index (κ1) is 8.32. The zero-order valence-electron chi connectivity index (χ0n) is 4.61. The molecule has 0 bridgehead atoms. The third-order valence-corrected chi connectivity index (χ3v) is 0.718. The minimum atomic E-state index is -4.83. The van der Waals surface area contributed by atoms with Crippen molar-refractivity contribution in [3.63, 3.8) is 0 Å². The molecule has 0 rings (SSSR count). The molecule has 0 aliphatic heterocycles. The zero-order chi connectivity index (χ0) is 7.49. The first-order valence-electron chi connectivity index (χ1n) is 2.41. The fourth-order valence-electron chi connectivity index (χ4n) is 0.306. The molecule has 0 saturated carbocycles. The Hall–Kier alpha value is -0.675. The average Bonchev–Trinajstić information content (AvgIpc) is 1.59. The fraction of sp³-hybridized carbons (Fsp3) is 0.667. The predicted molar refractivity (Wildman–Crippen MR) is 27.7 cm³/mol. The van der Waals surface area contributed by atoms with Crippen LogP contribution in [0.3, 0.4) is 0 Å². The van der Waals surface area contributed by atoms with Crippen molar-refractivity contribution in [1.82, 2.24) is 0 Å². The molecule has 0 fully saturated rings. The van der Waals surface area contributed by atoms with Gasteiger partial charge in [0, 0.05) is 6.42 Å². The molecule has 54 valence electrons. The summed E-state index contributed by atoms with van der Waals surface area (Å²) in [6, 6.07) is 0. The highest BCUT2D eigenvalue weighted by molar-refractivity contribution is 6.58. The van der Waals surface area contributed by atoms with Gasteiger partial charge in [-0.2, -0.15) is 0 Å². The molecule has 2 nitrogen and oxygen atoms in total. The summed E-state index contributed by atoms with van der Waals surface area (Å²) in [5.74, 6) is -0.908. The summed E-state index contributed by atoms with van der Waals surface area (Å²) in [5.41, 5.74) is 4.47. The van der Waals surface area contributed by atoms with Gasteiger partial charge in [0.1, 0.15) is 0 Å². The SMILES string of the molecule is NC(=O)CC[B-](F)(F)F. The number of hydrogen-bond donors (Lipinski definition) is 1. The number of halogens is 3. The zero-order valence-corrected chi connectivity index (χ0v) is 4.61. The summed E-state index contributed by atoms with van der Waals surface area (Å²) in [7, 11) is 0. The van der Waals surface area contributed by atoms with Crippen molar-refractivity contribution in [2.24, 2.45) is 5.73 Å². The van der Waals surface area contributed by atoms with E-state index in [1.807, 2.05) is 0 Å². The van der Waals surface area contributed by atoms with E-state index in [2.05, 4.69) is 5.73 Å². The molecule has 0 aromatic carbocycles. The van der Waals surface area contributed by atoms with E-state index in [1.165, 1.54) is 0 Å². The van der Waals surface area contributed by atoms with E-state index in [9.17, 15) is 17.7 Å². The lowest BCUT2D eigenvalue weighted by Crippen LogP contribution is -2.19. The van der Waals surface area contributed by atoms with E-state index in [0.29, 0.717) is 0 Å². The number of rotatable bonds is 3. The van der Waals surface area contributed by atoms with Gasteiger partial charge in [-0.1, -0.05) is 6.32 Å². The number of hydrogen-bond acceptors (Lipinski definition) is 1. The molecule has 0 aromatic heterocycles. The Balaban J connectivity index is 3.39. The maximum Gasteiger partial charge on any atom is 0.478 e. The van der Waals surface area contributed by atoms with Gasteiger partial charge < -0.3 is 18.7 Å². The number of amides is 1. The van der Waals surface area contributed by atoms with Gasteiger partial charge in [0.2, 0.25) is 5.91 Å². The Morgan fingerprint density at radius 1 is 1.44 bits per heavy atom. The summed E-state index contributed by atoms with van der Waals surface area (Å²) >= 11 is 0. The number of carbonyl (C=O) groups is 1. The Morgan fingerprint density at radius 2 is 1.89 bits per heavy atom. The summed E-state index contributed by atoms with van der Waals surface area (Å²) in [4.78, 5) is 9.78. The molecule has 0 unspecified atom stereocenters. The highest BCUT2D eigenvalue weighted by atomic mass is 19.4. The van der Waals surface area contributed by atoms with Crippen molar-refractivity contribution in [2.75, 3.05) is 0 Å². The standard InChI is InChI=1S/C3H6BF3NO/c5-4(6,7)2-1-3(8)9/h1-2H2,(H2,8,9)/q-1. The smallest absolute Gasteiger partial charge is 0.449 e. The number of carbonyl (C=O) groups excluding carboxylic acids is 1. The average molecular weight is 140 g/mol. The quantitative estimate of drug-likeness (QED) is 0.576. The normalized spacial score (nSPS) is 11.4. The van der Waals surface area contributed by atoms with Crippen LogP contribution in [0.4, 0.5) is 12.9 Å². The lowest BCUT2D eigenvalue weighted by molar-refractivity contribution is -0.117. The van der Waals surface area contributed by atoms with E-state index in [1.54, 1.807) is 0 Å². The third-order valence-electron chi connectivity index (χ3n) is 0.718. The minimum absolute atomic E-state index is 0.594.